The second-order valence-electron chi connectivity index (χ2n) is 5.97. The van der Waals surface area contributed by atoms with Crippen molar-refractivity contribution in [2.24, 2.45) is 17.6 Å². The number of hydrogen-bond acceptors (Lipinski definition) is 2. The Morgan fingerprint density at radius 1 is 0.947 bits per heavy atom. The average molecular weight is 261 g/mol. The Labute approximate surface area is 117 Å². The summed E-state index contributed by atoms with van der Waals surface area (Å²) >= 11 is 0. The topological polar surface area (TPSA) is 46.2 Å². The molecule has 3 N–H and O–H groups in total. The number of aryl methyl sites for hydroxylation is 1. The molecule has 0 amide bonds. The lowest BCUT2D eigenvalue weighted by atomic mass is 9.79. The highest BCUT2D eigenvalue weighted by atomic mass is 16.2. The molecule has 2 nitrogen and oxygen atoms in total. The van der Waals surface area contributed by atoms with E-state index in [-0.39, 0.29) is 6.61 Å². The zero-order chi connectivity index (χ0) is 13.5. The van der Waals surface area contributed by atoms with E-state index < -0.39 is 0 Å². The van der Waals surface area contributed by atoms with Gasteiger partial charge in [0.25, 0.3) is 0 Å². The van der Waals surface area contributed by atoms with Crippen LogP contribution in [0, 0.1) is 11.8 Å². The lowest BCUT2D eigenvalue weighted by molar-refractivity contribution is 0.278. The largest absolute Gasteiger partial charge is 0.396 e. The van der Waals surface area contributed by atoms with Crippen molar-refractivity contribution in [2.45, 2.75) is 44.9 Å². The minimum Gasteiger partial charge on any atom is -0.396 e. The fourth-order valence-electron chi connectivity index (χ4n) is 3.13. The molecular weight excluding hydrogens is 234 g/mol. The third-order valence-electron chi connectivity index (χ3n) is 4.47. The van der Waals surface area contributed by atoms with Crippen molar-refractivity contribution in [3.05, 3.63) is 35.4 Å². The van der Waals surface area contributed by atoms with Gasteiger partial charge in [-0.15, -0.1) is 0 Å². The van der Waals surface area contributed by atoms with Crippen molar-refractivity contribution in [1.29, 1.82) is 0 Å². The summed E-state index contributed by atoms with van der Waals surface area (Å²) in [7, 11) is 0. The Morgan fingerprint density at radius 2 is 1.53 bits per heavy atom. The normalized spacial score (nSPS) is 23.5. The van der Waals surface area contributed by atoms with E-state index in [1.54, 1.807) is 0 Å². The van der Waals surface area contributed by atoms with Gasteiger partial charge in [-0.3, -0.25) is 0 Å². The van der Waals surface area contributed by atoms with Crippen LogP contribution in [0.15, 0.2) is 24.3 Å². The predicted octanol–water partition coefficient (Wildman–Crippen LogP) is 2.92. The molecular formula is C17H27NO. The molecule has 0 heterocycles. The van der Waals surface area contributed by atoms with Crippen LogP contribution in [-0.2, 0) is 12.8 Å². The van der Waals surface area contributed by atoms with Crippen LogP contribution < -0.4 is 5.73 Å². The predicted molar refractivity (Wildman–Crippen MR) is 80.1 cm³/mol. The average Bonchev–Trinajstić information content (AvgIpc) is 2.47. The van der Waals surface area contributed by atoms with E-state index in [1.807, 2.05) is 0 Å². The standard InChI is InChI=1S/C17H27NO/c18-13-17-9-7-16(8-10-17)12-15-5-3-14(4-6-15)2-1-11-19/h3-6,16-17,19H,1-2,7-13,18H2. The Balaban J connectivity index is 1.79. The second kappa shape index (κ2) is 7.66. The Hall–Kier alpha value is -0.860. The summed E-state index contributed by atoms with van der Waals surface area (Å²) in [6, 6.07) is 8.97. The van der Waals surface area contributed by atoms with Gasteiger partial charge in [-0.05, 0) is 74.5 Å². The monoisotopic (exact) mass is 261 g/mol. The van der Waals surface area contributed by atoms with Gasteiger partial charge in [0.15, 0.2) is 0 Å². The fourth-order valence-corrected chi connectivity index (χ4v) is 3.13. The quantitative estimate of drug-likeness (QED) is 0.827. The molecule has 1 aromatic rings. The van der Waals surface area contributed by atoms with Crippen LogP contribution in [0.2, 0.25) is 0 Å². The van der Waals surface area contributed by atoms with E-state index in [2.05, 4.69) is 24.3 Å². The molecule has 1 aliphatic carbocycles. The van der Waals surface area contributed by atoms with Gasteiger partial charge in [-0.1, -0.05) is 24.3 Å². The molecule has 0 atom stereocenters. The van der Waals surface area contributed by atoms with Gasteiger partial charge in [0, 0.05) is 6.61 Å². The molecule has 2 heteroatoms. The van der Waals surface area contributed by atoms with Crippen molar-refractivity contribution < 1.29 is 5.11 Å². The molecule has 106 valence electrons. The SMILES string of the molecule is NCC1CCC(Cc2ccc(CCCO)cc2)CC1. The zero-order valence-corrected chi connectivity index (χ0v) is 11.9. The van der Waals surface area contributed by atoms with Gasteiger partial charge in [-0.2, -0.15) is 0 Å². The molecule has 1 saturated carbocycles. The summed E-state index contributed by atoms with van der Waals surface area (Å²) in [5.41, 5.74) is 8.54. The highest BCUT2D eigenvalue weighted by molar-refractivity contribution is 5.23. The molecule has 0 aliphatic heterocycles. The first-order chi connectivity index (χ1) is 9.31. The first kappa shape index (κ1) is 14.5. The number of aliphatic hydroxyl groups is 1. The van der Waals surface area contributed by atoms with E-state index >= 15 is 0 Å². The third-order valence-corrected chi connectivity index (χ3v) is 4.47. The maximum absolute atomic E-state index is 8.83. The fraction of sp³-hybridized carbons (Fsp3) is 0.647. The lowest BCUT2D eigenvalue weighted by Gasteiger charge is -2.27. The van der Waals surface area contributed by atoms with E-state index in [0.717, 1.165) is 31.2 Å². The molecule has 0 bridgehead atoms. The summed E-state index contributed by atoms with van der Waals surface area (Å²) in [5.74, 6) is 1.63. The van der Waals surface area contributed by atoms with Crippen LogP contribution in [0.3, 0.4) is 0 Å². The molecule has 1 fully saturated rings. The van der Waals surface area contributed by atoms with Gasteiger partial charge >= 0.3 is 0 Å². The van der Waals surface area contributed by atoms with Gasteiger partial charge in [0.1, 0.15) is 0 Å². The van der Waals surface area contributed by atoms with Gasteiger partial charge in [0.2, 0.25) is 0 Å². The lowest BCUT2D eigenvalue weighted by Crippen LogP contribution is -2.22. The van der Waals surface area contributed by atoms with Crippen LogP contribution in [0.4, 0.5) is 0 Å². The van der Waals surface area contributed by atoms with Gasteiger partial charge in [0.05, 0.1) is 0 Å². The van der Waals surface area contributed by atoms with Crippen molar-refractivity contribution in [3.8, 4) is 0 Å². The molecule has 0 radical (unpaired) electrons. The minimum absolute atomic E-state index is 0.284. The van der Waals surface area contributed by atoms with Gasteiger partial charge < -0.3 is 10.8 Å². The minimum atomic E-state index is 0.284. The molecule has 0 aromatic heterocycles. The van der Waals surface area contributed by atoms with Crippen molar-refractivity contribution in [3.63, 3.8) is 0 Å². The van der Waals surface area contributed by atoms with Crippen molar-refractivity contribution in [1.82, 2.24) is 0 Å². The van der Waals surface area contributed by atoms with Crippen LogP contribution in [0.1, 0.15) is 43.2 Å². The number of rotatable bonds is 6. The molecule has 1 aliphatic rings. The number of nitrogens with two attached hydrogens (primary N) is 1. The maximum Gasteiger partial charge on any atom is 0.0434 e. The maximum atomic E-state index is 8.83. The molecule has 1 aromatic carbocycles. The summed E-state index contributed by atoms with van der Waals surface area (Å²) in [4.78, 5) is 0. The van der Waals surface area contributed by atoms with Crippen LogP contribution >= 0.6 is 0 Å². The zero-order valence-electron chi connectivity index (χ0n) is 11.9. The summed E-state index contributed by atoms with van der Waals surface area (Å²) < 4.78 is 0. The summed E-state index contributed by atoms with van der Waals surface area (Å²) in [5, 5.41) is 8.83. The van der Waals surface area contributed by atoms with Crippen molar-refractivity contribution in [2.75, 3.05) is 13.2 Å². The first-order valence-electron chi connectivity index (χ1n) is 7.70. The number of aliphatic hydroxyl groups excluding tert-OH is 1. The number of hydrogen-bond donors (Lipinski definition) is 2. The third kappa shape index (κ3) is 4.63. The Morgan fingerprint density at radius 3 is 2.11 bits per heavy atom. The molecule has 19 heavy (non-hydrogen) atoms. The number of benzene rings is 1. The summed E-state index contributed by atoms with van der Waals surface area (Å²) in [6.07, 6.45) is 8.38. The van der Waals surface area contributed by atoms with Crippen LogP contribution in [-0.4, -0.2) is 18.3 Å². The van der Waals surface area contributed by atoms with Crippen molar-refractivity contribution >= 4 is 0 Å². The van der Waals surface area contributed by atoms with Crippen LogP contribution in [0.5, 0.6) is 0 Å². The Kier molecular flexibility index (Phi) is 5.87. The van der Waals surface area contributed by atoms with Gasteiger partial charge in [-0.25, -0.2) is 0 Å². The first-order valence-corrected chi connectivity index (χ1v) is 7.70. The molecule has 2 rings (SSSR count). The second-order valence-corrected chi connectivity index (χ2v) is 5.97. The van der Waals surface area contributed by atoms with E-state index in [0.29, 0.717) is 0 Å². The highest BCUT2D eigenvalue weighted by Gasteiger charge is 2.20. The molecule has 0 spiro atoms. The summed E-state index contributed by atoms with van der Waals surface area (Å²) in [6.45, 7) is 1.15. The Bertz CT molecular complexity index is 352. The van der Waals surface area contributed by atoms with Crippen LogP contribution in [0.25, 0.3) is 0 Å². The smallest absolute Gasteiger partial charge is 0.0434 e. The van der Waals surface area contributed by atoms with E-state index in [4.69, 9.17) is 10.8 Å². The highest BCUT2D eigenvalue weighted by Crippen LogP contribution is 2.30. The molecule has 0 unspecified atom stereocenters. The molecule has 0 saturated heterocycles. The van der Waals surface area contributed by atoms with E-state index in [9.17, 15) is 0 Å². The van der Waals surface area contributed by atoms with E-state index in [1.165, 1.54) is 43.2 Å².